The second kappa shape index (κ2) is 7.20. The predicted octanol–water partition coefficient (Wildman–Crippen LogP) is 4.37. The zero-order chi connectivity index (χ0) is 12.6. The van der Waals surface area contributed by atoms with Crippen LogP contribution in [0.3, 0.4) is 0 Å². The summed E-state index contributed by atoms with van der Waals surface area (Å²) >= 11 is 0. The van der Waals surface area contributed by atoms with Gasteiger partial charge >= 0.3 is 0 Å². The summed E-state index contributed by atoms with van der Waals surface area (Å²) in [5, 5.41) is 3.94. The standard InChI is InChI=1S/C16H22NO/c1-2-12-18-17-13-15-10-6-7-11-16(15)14-8-4-3-5-9-14/h6-7,10-11,14H,2-5,8-9,12H2,1H3. The molecule has 18 heavy (non-hydrogen) atoms. The van der Waals surface area contributed by atoms with Crippen molar-refractivity contribution in [3.8, 4) is 0 Å². The van der Waals surface area contributed by atoms with Crippen molar-refractivity contribution in [2.75, 3.05) is 6.61 Å². The molecule has 0 spiro atoms. The average Bonchev–Trinajstić information content (AvgIpc) is 2.45. The van der Waals surface area contributed by atoms with Crippen LogP contribution in [0.15, 0.2) is 29.4 Å². The lowest BCUT2D eigenvalue weighted by Gasteiger charge is -2.23. The quantitative estimate of drug-likeness (QED) is 0.428. The fourth-order valence-corrected chi connectivity index (χ4v) is 2.59. The molecule has 0 saturated heterocycles. The number of rotatable bonds is 5. The smallest absolute Gasteiger partial charge is 0.139 e. The van der Waals surface area contributed by atoms with E-state index in [1.807, 2.05) is 6.07 Å². The summed E-state index contributed by atoms with van der Waals surface area (Å²) in [4.78, 5) is 5.14. The van der Waals surface area contributed by atoms with Crippen molar-refractivity contribution < 1.29 is 4.84 Å². The van der Waals surface area contributed by atoms with Crippen molar-refractivity contribution in [2.45, 2.75) is 51.4 Å². The first-order valence-electron chi connectivity index (χ1n) is 7.08. The largest absolute Gasteiger partial charge is 0.395 e. The Balaban J connectivity index is 2.06. The minimum atomic E-state index is 0.665. The van der Waals surface area contributed by atoms with Gasteiger partial charge in [0, 0.05) is 5.56 Å². The molecule has 1 aliphatic carbocycles. The van der Waals surface area contributed by atoms with E-state index in [4.69, 9.17) is 4.84 Å². The molecule has 97 valence electrons. The van der Waals surface area contributed by atoms with Crippen LogP contribution >= 0.6 is 0 Å². The summed E-state index contributed by atoms with van der Waals surface area (Å²) in [5.41, 5.74) is 2.49. The number of hydrogen-bond acceptors (Lipinski definition) is 2. The summed E-state index contributed by atoms with van der Waals surface area (Å²) < 4.78 is 0. The summed E-state index contributed by atoms with van der Waals surface area (Å²) in [6.07, 6.45) is 10.7. The van der Waals surface area contributed by atoms with Crippen molar-refractivity contribution in [1.82, 2.24) is 0 Å². The van der Waals surface area contributed by atoms with Gasteiger partial charge in [0.2, 0.25) is 0 Å². The van der Waals surface area contributed by atoms with Crippen molar-refractivity contribution >= 4 is 6.21 Å². The van der Waals surface area contributed by atoms with Crippen molar-refractivity contribution in [3.63, 3.8) is 0 Å². The van der Waals surface area contributed by atoms with Crippen molar-refractivity contribution in [1.29, 1.82) is 0 Å². The van der Waals surface area contributed by atoms with Gasteiger partial charge in [0.1, 0.15) is 12.8 Å². The molecule has 1 radical (unpaired) electrons. The average molecular weight is 244 g/mol. The predicted molar refractivity (Wildman–Crippen MR) is 75.0 cm³/mol. The van der Waals surface area contributed by atoms with E-state index in [9.17, 15) is 0 Å². The minimum Gasteiger partial charge on any atom is -0.395 e. The molecule has 0 atom stereocenters. The molecule has 0 N–H and O–H groups in total. The number of nitrogens with zero attached hydrogens (tertiary/aromatic N) is 1. The van der Waals surface area contributed by atoms with E-state index in [1.165, 1.54) is 37.7 Å². The maximum Gasteiger partial charge on any atom is 0.139 e. The summed E-state index contributed by atoms with van der Waals surface area (Å²) in [6.45, 7) is 2.74. The molecule has 0 heterocycles. The van der Waals surface area contributed by atoms with E-state index in [0.717, 1.165) is 12.0 Å². The Morgan fingerprint density at radius 3 is 2.78 bits per heavy atom. The van der Waals surface area contributed by atoms with Crippen LogP contribution in [0.25, 0.3) is 0 Å². The highest BCUT2D eigenvalue weighted by atomic mass is 16.6. The first-order chi connectivity index (χ1) is 8.92. The molecule has 1 fully saturated rings. The molecule has 1 aromatic carbocycles. The van der Waals surface area contributed by atoms with Crippen LogP contribution in [-0.4, -0.2) is 12.8 Å². The molecular weight excluding hydrogens is 222 g/mol. The van der Waals surface area contributed by atoms with Crippen LogP contribution in [0.2, 0.25) is 0 Å². The Kier molecular flexibility index (Phi) is 5.25. The normalized spacial score (nSPS) is 17.2. The second-order valence-electron chi connectivity index (χ2n) is 4.96. The van der Waals surface area contributed by atoms with E-state index < -0.39 is 0 Å². The Morgan fingerprint density at radius 2 is 2.00 bits per heavy atom. The molecule has 2 heteroatoms. The molecule has 0 aliphatic heterocycles. The van der Waals surface area contributed by atoms with Gasteiger partial charge in [-0.2, -0.15) is 0 Å². The van der Waals surface area contributed by atoms with E-state index in [1.54, 1.807) is 0 Å². The lowest BCUT2D eigenvalue weighted by molar-refractivity contribution is 0.146. The Labute approximate surface area is 110 Å². The van der Waals surface area contributed by atoms with Gasteiger partial charge in [0.05, 0.1) is 0 Å². The van der Waals surface area contributed by atoms with E-state index in [0.29, 0.717) is 12.5 Å². The zero-order valence-electron chi connectivity index (χ0n) is 11.2. The molecule has 0 unspecified atom stereocenters. The maximum absolute atomic E-state index is 5.14. The van der Waals surface area contributed by atoms with Crippen LogP contribution < -0.4 is 0 Å². The Hall–Kier alpha value is -1.31. The van der Waals surface area contributed by atoms with Gasteiger partial charge in [-0.25, -0.2) is 0 Å². The van der Waals surface area contributed by atoms with E-state index in [-0.39, 0.29) is 0 Å². The molecular formula is C16H22NO. The Morgan fingerprint density at radius 1 is 1.22 bits per heavy atom. The summed E-state index contributed by atoms with van der Waals surface area (Å²) in [5.74, 6) is 0.684. The summed E-state index contributed by atoms with van der Waals surface area (Å²) in [7, 11) is 0. The molecule has 1 aliphatic rings. The van der Waals surface area contributed by atoms with Crippen LogP contribution in [0.4, 0.5) is 0 Å². The van der Waals surface area contributed by atoms with Gasteiger partial charge in [-0.1, -0.05) is 55.6 Å². The number of benzene rings is 1. The van der Waals surface area contributed by atoms with Crippen molar-refractivity contribution in [2.24, 2.45) is 5.16 Å². The third-order valence-corrected chi connectivity index (χ3v) is 3.53. The molecule has 2 rings (SSSR count). The highest BCUT2D eigenvalue weighted by Crippen LogP contribution is 2.33. The zero-order valence-corrected chi connectivity index (χ0v) is 11.2. The molecule has 0 aromatic heterocycles. The van der Waals surface area contributed by atoms with Crippen LogP contribution in [0.5, 0.6) is 0 Å². The minimum absolute atomic E-state index is 0.665. The first kappa shape index (κ1) is 13.1. The van der Waals surface area contributed by atoms with Crippen LogP contribution in [0, 0.1) is 0 Å². The molecule has 0 bridgehead atoms. The Bertz CT molecular complexity index is 380. The topological polar surface area (TPSA) is 21.6 Å². The van der Waals surface area contributed by atoms with E-state index in [2.05, 4.69) is 36.5 Å². The van der Waals surface area contributed by atoms with Gasteiger partial charge in [0.25, 0.3) is 0 Å². The van der Waals surface area contributed by atoms with E-state index >= 15 is 0 Å². The highest BCUT2D eigenvalue weighted by Gasteiger charge is 2.17. The monoisotopic (exact) mass is 244 g/mol. The molecule has 0 amide bonds. The molecule has 2 nitrogen and oxygen atoms in total. The van der Waals surface area contributed by atoms with Gasteiger partial charge < -0.3 is 4.84 Å². The van der Waals surface area contributed by atoms with Gasteiger partial charge in [-0.3, -0.25) is 0 Å². The van der Waals surface area contributed by atoms with Crippen LogP contribution in [0.1, 0.15) is 62.5 Å². The SMILES string of the molecule is CCCO/N=[C]\c1ccccc1C1CCCCC1. The third kappa shape index (κ3) is 3.59. The summed E-state index contributed by atoms with van der Waals surface area (Å²) in [6, 6.07) is 8.46. The second-order valence-corrected chi connectivity index (χ2v) is 4.96. The maximum atomic E-state index is 5.14. The fraction of sp³-hybridized carbons (Fsp3) is 0.562. The molecule has 1 aromatic rings. The fourth-order valence-electron chi connectivity index (χ4n) is 2.59. The van der Waals surface area contributed by atoms with Gasteiger partial charge in [-0.15, -0.1) is 0 Å². The van der Waals surface area contributed by atoms with Gasteiger partial charge in [-0.05, 0) is 30.7 Å². The number of hydrogen-bond donors (Lipinski definition) is 0. The van der Waals surface area contributed by atoms with Gasteiger partial charge in [0.15, 0.2) is 0 Å². The molecule has 1 saturated carbocycles. The highest BCUT2D eigenvalue weighted by molar-refractivity contribution is 5.81. The third-order valence-electron chi connectivity index (χ3n) is 3.53. The van der Waals surface area contributed by atoms with Crippen molar-refractivity contribution in [3.05, 3.63) is 35.4 Å². The first-order valence-corrected chi connectivity index (χ1v) is 7.08. The lowest BCUT2D eigenvalue weighted by atomic mass is 9.82. The van der Waals surface area contributed by atoms with Crippen LogP contribution in [-0.2, 0) is 4.84 Å². The lowest BCUT2D eigenvalue weighted by Crippen LogP contribution is -2.07.